The van der Waals surface area contributed by atoms with E-state index >= 15 is 0 Å². The first-order valence-electron chi connectivity index (χ1n) is 7.75. The number of aromatic nitrogens is 1. The molecule has 1 amide bonds. The first kappa shape index (κ1) is 18.6. The summed E-state index contributed by atoms with van der Waals surface area (Å²) < 4.78 is 28.5. The van der Waals surface area contributed by atoms with Crippen LogP contribution in [0.2, 0.25) is 0 Å². The molecule has 1 aromatic heterocycles. The predicted molar refractivity (Wildman–Crippen MR) is 83.2 cm³/mol. The molecular formula is C16H19FN2O6. The van der Waals surface area contributed by atoms with Crippen LogP contribution in [-0.2, 0) is 23.9 Å². The lowest BCUT2D eigenvalue weighted by atomic mass is 9.87. The van der Waals surface area contributed by atoms with E-state index in [-0.39, 0.29) is 29.6 Å². The molecule has 1 heterocycles. The Labute approximate surface area is 143 Å². The Kier molecular flexibility index (Phi) is 6.26. The number of nitrogens with one attached hydrogen (secondary N) is 1. The van der Waals surface area contributed by atoms with Gasteiger partial charge >= 0.3 is 17.8 Å². The fourth-order valence-corrected chi connectivity index (χ4v) is 2.60. The summed E-state index contributed by atoms with van der Waals surface area (Å²) in [6, 6.07) is 2.64. The summed E-state index contributed by atoms with van der Waals surface area (Å²) in [4.78, 5) is 37.5. The maximum absolute atomic E-state index is 13.9. The summed E-state index contributed by atoms with van der Waals surface area (Å²) in [5.41, 5.74) is -0.253. The molecule has 2 rings (SSSR count). The molecule has 0 atom stereocenters. The van der Waals surface area contributed by atoms with Crippen molar-refractivity contribution in [2.75, 3.05) is 19.5 Å². The average molecular weight is 354 g/mol. The highest BCUT2D eigenvalue weighted by atomic mass is 19.1. The van der Waals surface area contributed by atoms with Crippen LogP contribution in [0.3, 0.4) is 0 Å². The molecule has 25 heavy (non-hydrogen) atoms. The molecule has 1 aliphatic carbocycles. The molecule has 0 aromatic carbocycles. The Bertz CT molecular complexity index is 658. The van der Waals surface area contributed by atoms with Crippen molar-refractivity contribution < 1.29 is 33.0 Å². The number of halogens is 1. The molecule has 0 radical (unpaired) electrons. The normalized spacial score (nSPS) is 19.6. The molecule has 8 nitrogen and oxygen atoms in total. The topological polar surface area (TPSA) is 104 Å². The van der Waals surface area contributed by atoms with Crippen molar-refractivity contribution in [1.29, 1.82) is 0 Å². The number of esters is 2. The lowest BCUT2D eigenvalue weighted by molar-refractivity contribution is -0.150. The van der Waals surface area contributed by atoms with Crippen LogP contribution in [0.25, 0.3) is 0 Å². The molecule has 0 bridgehead atoms. The molecule has 0 saturated heterocycles. The maximum atomic E-state index is 13.9. The quantitative estimate of drug-likeness (QED) is 0.496. The smallest absolute Gasteiger partial charge is 0.396 e. The minimum atomic E-state index is -1.14. The summed E-state index contributed by atoms with van der Waals surface area (Å²) in [6.07, 6.45) is 2.34. The number of anilines is 1. The Balaban J connectivity index is 1.92. The lowest BCUT2D eigenvalue weighted by Crippen LogP contribution is -2.29. The SMILES string of the molecule is COC(=O)C(=O)Nc1ccc(OC2CCC(C(=O)OC)CC2)nc1F. The standard InChI is InChI=1S/C16H19FN2O6/c1-23-15(21)9-3-5-10(6-4-9)25-12-8-7-11(13(17)19-12)18-14(20)16(22)24-2/h7-10H,3-6H2,1-2H3,(H,18,20). The van der Waals surface area contributed by atoms with Gasteiger partial charge in [-0.1, -0.05) is 0 Å². The third kappa shape index (κ3) is 4.88. The zero-order chi connectivity index (χ0) is 18.4. The Morgan fingerprint density at radius 1 is 1.12 bits per heavy atom. The van der Waals surface area contributed by atoms with Gasteiger partial charge in [-0.3, -0.25) is 9.59 Å². The van der Waals surface area contributed by atoms with Crippen molar-refractivity contribution in [1.82, 2.24) is 4.98 Å². The third-order valence-electron chi connectivity index (χ3n) is 3.94. The Hall–Kier alpha value is -2.71. The number of rotatable bonds is 4. The van der Waals surface area contributed by atoms with Crippen molar-refractivity contribution in [3.63, 3.8) is 0 Å². The van der Waals surface area contributed by atoms with E-state index < -0.39 is 17.8 Å². The van der Waals surface area contributed by atoms with Crippen molar-refractivity contribution in [3.05, 3.63) is 18.1 Å². The average Bonchev–Trinajstić information content (AvgIpc) is 2.63. The number of hydrogen-bond acceptors (Lipinski definition) is 7. The maximum Gasteiger partial charge on any atom is 0.396 e. The van der Waals surface area contributed by atoms with Gasteiger partial charge in [0.05, 0.1) is 25.8 Å². The Morgan fingerprint density at radius 3 is 2.36 bits per heavy atom. The van der Waals surface area contributed by atoms with E-state index in [1.807, 2.05) is 0 Å². The van der Waals surface area contributed by atoms with Gasteiger partial charge in [0.25, 0.3) is 0 Å². The largest absolute Gasteiger partial charge is 0.474 e. The second kappa shape index (κ2) is 8.41. The molecule has 1 aliphatic rings. The molecule has 1 fully saturated rings. The summed E-state index contributed by atoms with van der Waals surface area (Å²) in [6.45, 7) is 0. The number of carbonyl (C=O) groups excluding carboxylic acids is 3. The molecule has 9 heteroatoms. The molecule has 0 spiro atoms. The van der Waals surface area contributed by atoms with Crippen molar-refractivity contribution >= 4 is 23.5 Å². The van der Waals surface area contributed by atoms with E-state index in [1.165, 1.54) is 19.2 Å². The molecular weight excluding hydrogens is 335 g/mol. The van der Waals surface area contributed by atoms with Gasteiger partial charge in [-0.15, -0.1) is 0 Å². The number of pyridine rings is 1. The van der Waals surface area contributed by atoms with Gasteiger partial charge in [0.15, 0.2) is 0 Å². The highest BCUT2D eigenvalue weighted by molar-refractivity contribution is 6.37. The summed E-state index contributed by atoms with van der Waals surface area (Å²) in [7, 11) is 2.40. The van der Waals surface area contributed by atoms with Crippen molar-refractivity contribution in [2.24, 2.45) is 5.92 Å². The van der Waals surface area contributed by atoms with Gasteiger partial charge in [0, 0.05) is 6.07 Å². The van der Waals surface area contributed by atoms with Gasteiger partial charge in [-0.05, 0) is 31.7 Å². The van der Waals surface area contributed by atoms with Gasteiger partial charge in [-0.25, -0.2) is 4.79 Å². The number of nitrogens with zero attached hydrogens (tertiary/aromatic N) is 1. The second-order valence-electron chi connectivity index (χ2n) is 5.55. The van der Waals surface area contributed by atoms with E-state index in [0.717, 1.165) is 7.11 Å². The number of hydrogen-bond donors (Lipinski definition) is 1. The van der Waals surface area contributed by atoms with Crippen LogP contribution in [0.4, 0.5) is 10.1 Å². The predicted octanol–water partition coefficient (Wildman–Crippen LogP) is 1.44. The number of carbonyl (C=O) groups is 3. The van der Waals surface area contributed by atoms with Gasteiger partial charge in [0.1, 0.15) is 6.10 Å². The summed E-state index contributed by atoms with van der Waals surface area (Å²) >= 11 is 0. The molecule has 1 aromatic rings. The van der Waals surface area contributed by atoms with E-state index in [1.54, 1.807) is 0 Å². The Morgan fingerprint density at radius 2 is 1.80 bits per heavy atom. The van der Waals surface area contributed by atoms with E-state index in [0.29, 0.717) is 25.7 Å². The van der Waals surface area contributed by atoms with Gasteiger partial charge < -0.3 is 19.5 Å². The fourth-order valence-electron chi connectivity index (χ4n) is 2.60. The zero-order valence-corrected chi connectivity index (χ0v) is 13.9. The van der Waals surface area contributed by atoms with Crippen molar-refractivity contribution in [2.45, 2.75) is 31.8 Å². The van der Waals surface area contributed by atoms with Crippen LogP contribution in [0.15, 0.2) is 12.1 Å². The minimum absolute atomic E-state index is 0.0649. The summed E-state index contributed by atoms with van der Waals surface area (Å²) in [5.74, 6) is -3.51. The van der Waals surface area contributed by atoms with Crippen molar-refractivity contribution in [3.8, 4) is 5.88 Å². The highest BCUT2D eigenvalue weighted by Gasteiger charge is 2.28. The lowest BCUT2D eigenvalue weighted by Gasteiger charge is -2.27. The highest BCUT2D eigenvalue weighted by Crippen LogP contribution is 2.28. The van der Waals surface area contributed by atoms with Crippen LogP contribution in [0.1, 0.15) is 25.7 Å². The molecule has 1 saturated carbocycles. The van der Waals surface area contributed by atoms with E-state index in [2.05, 4.69) is 15.0 Å². The van der Waals surface area contributed by atoms with E-state index in [9.17, 15) is 18.8 Å². The number of methoxy groups -OCH3 is 2. The molecule has 1 N–H and O–H groups in total. The second-order valence-corrected chi connectivity index (χ2v) is 5.55. The third-order valence-corrected chi connectivity index (χ3v) is 3.94. The monoisotopic (exact) mass is 354 g/mol. The first-order valence-corrected chi connectivity index (χ1v) is 7.75. The fraction of sp³-hybridized carbons (Fsp3) is 0.500. The van der Waals surface area contributed by atoms with Crippen LogP contribution in [0.5, 0.6) is 5.88 Å². The zero-order valence-electron chi connectivity index (χ0n) is 13.9. The summed E-state index contributed by atoms with van der Waals surface area (Å²) in [5, 5.41) is 2.06. The molecule has 0 aliphatic heterocycles. The minimum Gasteiger partial charge on any atom is -0.474 e. The van der Waals surface area contributed by atoms with Crippen LogP contribution in [-0.4, -0.2) is 43.2 Å². The van der Waals surface area contributed by atoms with Gasteiger partial charge in [-0.2, -0.15) is 9.37 Å². The van der Waals surface area contributed by atoms with E-state index in [4.69, 9.17) is 9.47 Å². The molecule has 0 unspecified atom stereocenters. The molecule has 136 valence electrons. The number of ether oxygens (including phenoxy) is 3. The first-order chi connectivity index (χ1) is 11.9. The van der Waals surface area contributed by atoms with Gasteiger partial charge in [0.2, 0.25) is 11.8 Å². The van der Waals surface area contributed by atoms with Crippen LogP contribution in [0, 0.1) is 11.9 Å². The van der Waals surface area contributed by atoms with Crippen LogP contribution < -0.4 is 10.1 Å². The van der Waals surface area contributed by atoms with Crippen LogP contribution >= 0.6 is 0 Å². The number of amides is 1.